The SMILES string of the molecule is Cc1cc(C)n(-c2ccccc2NC(=O)c2ccc(-c3nnc(-c4ccccc4C)o3)cc2)n1. The van der Waals surface area contributed by atoms with Crippen molar-refractivity contribution in [3.05, 3.63) is 101 Å². The highest BCUT2D eigenvalue weighted by Crippen LogP contribution is 2.27. The number of aryl methyl sites for hydroxylation is 3. The van der Waals surface area contributed by atoms with E-state index in [1.807, 2.05) is 80.1 Å². The topological polar surface area (TPSA) is 85.8 Å². The fourth-order valence-corrected chi connectivity index (χ4v) is 3.86. The van der Waals surface area contributed by atoms with Crippen LogP contribution in [0.15, 0.2) is 83.3 Å². The molecule has 0 fully saturated rings. The van der Waals surface area contributed by atoms with Crippen LogP contribution in [0.3, 0.4) is 0 Å². The van der Waals surface area contributed by atoms with Crippen LogP contribution in [0, 0.1) is 20.8 Å². The summed E-state index contributed by atoms with van der Waals surface area (Å²) < 4.78 is 7.71. The van der Waals surface area contributed by atoms with E-state index in [-0.39, 0.29) is 5.91 Å². The number of rotatable bonds is 5. The molecule has 0 spiro atoms. The molecule has 5 aromatic rings. The molecule has 0 unspecified atom stereocenters. The van der Waals surface area contributed by atoms with Gasteiger partial charge < -0.3 is 9.73 Å². The molecule has 0 radical (unpaired) electrons. The maximum Gasteiger partial charge on any atom is 0.255 e. The molecule has 7 nitrogen and oxygen atoms in total. The summed E-state index contributed by atoms with van der Waals surface area (Å²) in [6.07, 6.45) is 0. The summed E-state index contributed by atoms with van der Waals surface area (Å²) in [6.45, 7) is 5.93. The lowest BCUT2D eigenvalue weighted by atomic mass is 10.1. The summed E-state index contributed by atoms with van der Waals surface area (Å²) in [4.78, 5) is 13.0. The molecule has 0 aliphatic rings. The molecule has 0 saturated heterocycles. The van der Waals surface area contributed by atoms with Gasteiger partial charge in [0.2, 0.25) is 11.8 Å². The van der Waals surface area contributed by atoms with E-state index in [9.17, 15) is 4.79 Å². The highest BCUT2D eigenvalue weighted by molar-refractivity contribution is 6.05. The first-order valence-electron chi connectivity index (χ1n) is 10.9. The Kier molecular flexibility index (Phi) is 5.51. The minimum absolute atomic E-state index is 0.216. The lowest BCUT2D eigenvalue weighted by Gasteiger charge is -2.12. The minimum Gasteiger partial charge on any atom is -0.416 e. The molecule has 1 N–H and O–H groups in total. The zero-order valence-corrected chi connectivity index (χ0v) is 19.1. The van der Waals surface area contributed by atoms with Crippen molar-refractivity contribution < 1.29 is 9.21 Å². The van der Waals surface area contributed by atoms with Crippen LogP contribution < -0.4 is 5.32 Å². The van der Waals surface area contributed by atoms with Crippen LogP contribution in [0.4, 0.5) is 5.69 Å². The number of amides is 1. The zero-order valence-electron chi connectivity index (χ0n) is 19.1. The van der Waals surface area contributed by atoms with Crippen LogP contribution in [0.1, 0.15) is 27.3 Å². The number of nitrogens with one attached hydrogen (secondary N) is 1. The molecule has 2 heterocycles. The molecule has 34 heavy (non-hydrogen) atoms. The summed E-state index contributed by atoms with van der Waals surface area (Å²) in [6, 6.07) is 24.5. The average molecular weight is 450 g/mol. The van der Waals surface area contributed by atoms with Crippen molar-refractivity contribution in [2.75, 3.05) is 5.32 Å². The first-order chi connectivity index (χ1) is 16.5. The Morgan fingerprint density at radius 1 is 0.853 bits per heavy atom. The van der Waals surface area contributed by atoms with E-state index in [4.69, 9.17) is 4.42 Å². The lowest BCUT2D eigenvalue weighted by molar-refractivity contribution is 0.102. The quantitative estimate of drug-likeness (QED) is 0.368. The van der Waals surface area contributed by atoms with Crippen LogP contribution in [0.2, 0.25) is 0 Å². The van der Waals surface area contributed by atoms with Gasteiger partial charge in [-0.2, -0.15) is 5.10 Å². The monoisotopic (exact) mass is 449 g/mol. The molecule has 0 atom stereocenters. The Balaban J connectivity index is 1.36. The molecule has 3 aromatic carbocycles. The molecule has 0 aliphatic heterocycles. The maximum atomic E-state index is 13.0. The molecule has 168 valence electrons. The van der Waals surface area contributed by atoms with E-state index in [0.29, 0.717) is 23.0 Å². The fraction of sp³-hybridized carbons (Fsp3) is 0.111. The van der Waals surface area contributed by atoms with E-state index in [1.54, 1.807) is 24.3 Å². The van der Waals surface area contributed by atoms with E-state index >= 15 is 0 Å². The third kappa shape index (κ3) is 4.11. The number of aromatic nitrogens is 4. The standard InChI is InChI=1S/C27H23N5O2/c1-17-8-4-5-9-22(17)27-30-29-26(34-27)21-14-12-20(13-15-21)25(33)28-23-10-6-7-11-24(23)32-19(3)16-18(2)31-32/h4-16H,1-3H3,(H,28,33). The van der Waals surface area contributed by atoms with Crippen molar-refractivity contribution in [1.82, 2.24) is 20.0 Å². The Morgan fingerprint density at radius 3 is 2.29 bits per heavy atom. The number of carbonyl (C=O) groups is 1. The van der Waals surface area contributed by atoms with Gasteiger partial charge in [-0.1, -0.05) is 30.3 Å². The van der Waals surface area contributed by atoms with Crippen LogP contribution >= 0.6 is 0 Å². The molecule has 0 bridgehead atoms. The van der Waals surface area contributed by atoms with Gasteiger partial charge in [-0.25, -0.2) is 4.68 Å². The van der Waals surface area contributed by atoms with Crippen LogP contribution in [0.5, 0.6) is 0 Å². The number of hydrogen-bond donors (Lipinski definition) is 1. The Labute approximate surface area is 197 Å². The molecule has 1 amide bonds. The maximum absolute atomic E-state index is 13.0. The van der Waals surface area contributed by atoms with Gasteiger partial charge in [0.05, 0.1) is 17.1 Å². The molecule has 5 rings (SSSR count). The summed E-state index contributed by atoms with van der Waals surface area (Å²) in [7, 11) is 0. The van der Waals surface area contributed by atoms with Gasteiger partial charge in [-0.05, 0) is 74.9 Å². The Morgan fingerprint density at radius 2 is 1.56 bits per heavy atom. The number of hydrogen-bond acceptors (Lipinski definition) is 5. The minimum atomic E-state index is -0.216. The highest BCUT2D eigenvalue weighted by atomic mass is 16.4. The first-order valence-corrected chi connectivity index (χ1v) is 10.9. The number of carbonyl (C=O) groups excluding carboxylic acids is 1. The second-order valence-corrected chi connectivity index (χ2v) is 8.11. The van der Waals surface area contributed by atoms with Crippen molar-refractivity contribution in [3.63, 3.8) is 0 Å². The first kappa shape index (κ1) is 21.3. The number of benzene rings is 3. The Hall–Kier alpha value is -4.52. The van der Waals surface area contributed by atoms with Gasteiger partial charge >= 0.3 is 0 Å². The van der Waals surface area contributed by atoms with Gasteiger partial charge in [0.1, 0.15) is 0 Å². The van der Waals surface area contributed by atoms with Crippen molar-refractivity contribution in [3.8, 4) is 28.6 Å². The fourth-order valence-electron chi connectivity index (χ4n) is 3.86. The van der Waals surface area contributed by atoms with Crippen LogP contribution in [0.25, 0.3) is 28.6 Å². The predicted molar refractivity (Wildman–Crippen MR) is 131 cm³/mol. The smallest absolute Gasteiger partial charge is 0.255 e. The number of anilines is 1. The molecule has 2 aromatic heterocycles. The second-order valence-electron chi connectivity index (χ2n) is 8.11. The van der Waals surface area contributed by atoms with Crippen molar-refractivity contribution >= 4 is 11.6 Å². The highest BCUT2D eigenvalue weighted by Gasteiger charge is 2.15. The summed E-state index contributed by atoms with van der Waals surface area (Å²) in [5, 5.41) is 15.9. The number of nitrogens with zero attached hydrogens (tertiary/aromatic N) is 4. The normalized spacial score (nSPS) is 10.9. The van der Waals surface area contributed by atoms with Crippen molar-refractivity contribution in [2.24, 2.45) is 0 Å². The molecule has 0 aliphatic carbocycles. The van der Waals surface area contributed by atoms with Gasteiger partial charge in [-0.15, -0.1) is 10.2 Å². The van der Waals surface area contributed by atoms with Gasteiger partial charge in [-0.3, -0.25) is 4.79 Å². The van der Waals surface area contributed by atoms with E-state index in [0.717, 1.165) is 33.8 Å². The third-order valence-electron chi connectivity index (χ3n) is 5.58. The second kappa shape index (κ2) is 8.78. The van der Waals surface area contributed by atoms with Crippen LogP contribution in [-0.2, 0) is 0 Å². The van der Waals surface area contributed by atoms with Crippen LogP contribution in [-0.4, -0.2) is 25.9 Å². The van der Waals surface area contributed by atoms with E-state index in [1.165, 1.54) is 0 Å². The van der Waals surface area contributed by atoms with Gasteiger partial charge in [0.25, 0.3) is 5.91 Å². The largest absolute Gasteiger partial charge is 0.416 e. The molecular formula is C27H23N5O2. The third-order valence-corrected chi connectivity index (χ3v) is 5.58. The summed E-state index contributed by atoms with van der Waals surface area (Å²) in [5.74, 6) is 0.655. The summed E-state index contributed by atoms with van der Waals surface area (Å²) >= 11 is 0. The van der Waals surface area contributed by atoms with Gasteiger partial charge in [0, 0.05) is 22.4 Å². The average Bonchev–Trinajstić information content (AvgIpc) is 3.46. The van der Waals surface area contributed by atoms with E-state index in [2.05, 4.69) is 20.6 Å². The van der Waals surface area contributed by atoms with E-state index < -0.39 is 0 Å². The van der Waals surface area contributed by atoms with Gasteiger partial charge in [0.15, 0.2) is 0 Å². The predicted octanol–water partition coefficient (Wildman–Crippen LogP) is 5.77. The lowest BCUT2D eigenvalue weighted by Crippen LogP contribution is -2.14. The Bertz CT molecular complexity index is 1480. The summed E-state index contributed by atoms with van der Waals surface area (Å²) in [5.41, 5.74) is 6.63. The zero-order chi connectivity index (χ0) is 23.7. The number of para-hydroxylation sites is 2. The molecule has 7 heteroatoms. The van der Waals surface area contributed by atoms with Crippen molar-refractivity contribution in [1.29, 1.82) is 0 Å². The molecule has 0 saturated carbocycles. The van der Waals surface area contributed by atoms with Crippen molar-refractivity contribution in [2.45, 2.75) is 20.8 Å². The molecular weight excluding hydrogens is 426 g/mol.